The number of ether oxygens (including phenoxy) is 1. The highest BCUT2D eigenvalue weighted by molar-refractivity contribution is 6.33. The highest BCUT2D eigenvalue weighted by Gasteiger charge is 2.19. The second kappa shape index (κ2) is 7.85. The van der Waals surface area contributed by atoms with Crippen LogP contribution in [-0.4, -0.2) is 26.1 Å². The molecule has 0 radical (unpaired) electrons. The zero-order valence-electron chi connectivity index (χ0n) is 17.6. The Bertz CT molecular complexity index is 1290. The molecule has 5 rings (SSSR count). The second-order valence-corrected chi connectivity index (χ2v) is 8.70. The van der Waals surface area contributed by atoms with Crippen molar-refractivity contribution in [2.24, 2.45) is 5.92 Å². The van der Waals surface area contributed by atoms with Gasteiger partial charge in [-0.1, -0.05) is 28.9 Å². The van der Waals surface area contributed by atoms with E-state index in [0.717, 1.165) is 48.3 Å². The third-order valence-electron chi connectivity index (χ3n) is 5.68. The molecule has 7 heteroatoms. The number of benzene rings is 1. The highest BCUT2D eigenvalue weighted by Crippen LogP contribution is 2.31. The van der Waals surface area contributed by atoms with Crippen molar-refractivity contribution < 1.29 is 9.26 Å². The maximum absolute atomic E-state index is 6.30. The van der Waals surface area contributed by atoms with Gasteiger partial charge in [0.15, 0.2) is 5.65 Å². The van der Waals surface area contributed by atoms with Crippen molar-refractivity contribution in [2.45, 2.75) is 33.1 Å². The van der Waals surface area contributed by atoms with Gasteiger partial charge >= 0.3 is 0 Å². The van der Waals surface area contributed by atoms with E-state index in [4.69, 9.17) is 20.9 Å². The van der Waals surface area contributed by atoms with Crippen LogP contribution in [0.15, 0.2) is 53.3 Å². The molecule has 1 fully saturated rings. The summed E-state index contributed by atoms with van der Waals surface area (Å²) >= 11 is 6.30. The fourth-order valence-corrected chi connectivity index (χ4v) is 4.37. The number of aromatic nitrogens is 4. The van der Waals surface area contributed by atoms with Gasteiger partial charge in [-0.2, -0.15) is 4.98 Å². The number of hydrogen-bond donors (Lipinski definition) is 0. The molecule has 3 heterocycles. The monoisotopic (exact) mass is 434 g/mol. The molecule has 0 aliphatic heterocycles. The van der Waals surface area contributed by atoms with E-state index in [1.54, 1.807) is 0 Å². The van der Waals surface area contributed by atoms with Crippen LogP contribution >= 0.6 is 11.6 Å². The summed E-state index contributed by atoms with van der Waals surface area (Å²) in [7, 11) is 0. The van der Waals surface area contributed by atoms with Crippen molar-refractivity contribution in [3.05, 3.63) is 65.0 Å². The van der Waals surface area contributed by atoms with Gasteiger partial charge in [0.25, 0.3) is 5.89 Å². The van der Waals surface area contributed by atoms with E-state index < -0.39 is 0 Å². The van der Waals surface area contributed by atoms with Crippen LogP contribution in [0, 0.1) is 19.8 Å². The summed E-state index contributed by atoms with van der Waals surface area (Å²) in [5, 5.41) is 4.72. The first kappa shape index (κ1) is 19.8. The van der Waals surface area contributed by atoms with E-state index in [0.29, 0.717) is 34.0 Å². The molecule has 0 saturated heterocycles. The van der Waals surface area contributed by atoms with Gasteiger partial charge in [0.2, 0.25) is 5.82 Å². The van der Waals surface area contributed by atoms with E-state index in [1.807, 2.05) is 54.9 Å². The van der Waals surface area contributed by atoms with Crippen LogP contribution in [-0.2, 0) is 0 Å². The van der Waals surface area contributed by atoms with Crippen molar-refractivity contribution in [3.8, 4) is 28.7 Å². The summed E-state index contributed by atoms with van der Waals surface area (Å²) in [6, 6.07) is 7.82. The van der Waals surface area contributed by atoms with Crippen molar-refractivity contribution >= 4 is 17.2 Å². The Morgan fingerprint density at radius 1 is 1.23 bits per heavy atom. The number of nitrogens with zero attached hydrogens (tertiary/aromatic N) is 4. The first-order valence-corrected chi connectivity index (χ1v) is 10.7. The molecule has 0 N–H and O–H groups in total. The van der Waals surface area contributed by atoms with E-state index in [2.05, 4.69) is 21.7 Å². The summed E-state index contributed by atoms with van der Waals surface area (Å²) in [6.07, 6.45) is 7.14. The molecule has 0 unspecified atom stereocenters. The van der Waals surface area contributed by atoms with Gasteiger partial charge in [0.05, 0.1) is 11.6 Å². The van der Waals surface area contributed by atoms with Crippen molar-refractivity contribution in [1.29, 1.82) is 0 Å². The Hall–Kier alpha value is -3.12. The topological polar surface area (TPSA) is 65.5 Å². The van der Waals surface area contributed by atoms with Crippen molar-refractivity contribution in [1.82, 2.24) is 19.5 Å². The van der Waals surface area contributed by atoms with Crippen molar-refractivity contribution in [2.75, 3.05) is 6.61 Å². The third kappa shape index (κ3) is 3.95. The predicted molar refractivity (Wildman–Crippen MR) is 120 cm³/mol. The molecule has 31 heavy (non-hydrogen) atoms. The lowest BCUT2D eigenvalue weighted by atomic mass is 10.1. The number of aryl methyl sites for hydroxylation is 2. The van der Waals surface area contributed by atoms with E-state index >= 15 is 0 Å². The summed E-state index contributed by atoms with van der Waals surface area (Å²) < 4.78 is 13.4. The van der Waals surface area contributed by atoms with Crippen LogP contribution in [0.25, 0.3) is 28.6 Å². The Kier molecular flexibility index (Phi) is 5.02. The average molecular weight is 435 g/mol. The lowest BCUT2D eigenvalue weighted by Crippen LogP contribution is -2.08. The third-order valence-corrected chi connectivity index (χ3v) is 5.96. The van der Waals surface area contributed by atoms with Crippen LogP contribution in [0.1, 0.15) is 30.4 Å². The summed E-state index contributed by atoms with van der Waals surface area (Å²) in [4.78, 5) is 9.08. The number of rotatable bonds is 5. The molecule has 1 atom stereocenters. The van der Waals surface area contributed by atoms with Crippen LogP contribution in [0.4, 0.5) is 0 Å². The second-order valence-electron chi connectivity index (χ2n) is 8.30. The molecule has 158 valence electrons. The first-order valence-electron chi connectivity index (χ1n) is 10.4. The van der Waals surface area contributed by atoms with Gasteiger partial charge in [0, 0.05) is 18.0 Å². The minimum Gasteiger partial charge on any atom is -0.493 e. The van der Waals surface area contributed by atoms with Crippen LogP contribution in [0.5, 0.6) is 5.75 Å². The van der Waals surface area contributed by atoms with Gasteiger partial charge < -0.3 is 13.7 Å². The van der Waals surface area contributed by atoms with Gasteiger partial charge in [-0.25, -0.2) is 4.98 Å². The number of hydrogen-bond acceptors (Lipinski definition) is 5. The largest absolute Gasteiger partial charge is 0.493 e. The van der Waals surface area contributed by atoms with Gasteiger partial charge in [0.1, 0.15) is 11.4 Å². The minimum atomic E-state index is 0.354. The van der Waals surface area contributed by atoms with Crippen LogP contribution < -0.4 is 4.74 Å². The SMILES string of the molecule is C=C1CC[C@H](COc2ccc(-c3noc(-c4cn5cc(C)cc(Cl)c5n4)n3)cc2C)C1. The molecule has 6 nitrogen and oxygen atoms in total. The zero-order valence-corrected chi connectivity index (χ0v) is 18.3. The van der Waals surface area contributed by atoms with Gasteiger partial charge in [-0.15, -0.1) is 0 Å². The first-order chi connectivity index (χ1) is 15.0. The minimum absolute atomic E-state index is 0.354. The fraction of sp³-hybridized carbons (Fsp3) is 0.292. The molecule has 1 aromatic carbocycles. The normalized spacial score (nSPS) is 16.4. The zero-order chi connectivity index (χ0) is 21.5. The smallest absolute Gasteiger partial charge is 0.278 e. The molecular weight excluding hydrogens is 412 g/mol. The molecule has 0 spiro atoms. The average Bonchev–Trinajstić information content (AvgIpc) is 3.46. The molecule has 3 aromatic heterocycles. The van der Waals surface area contributed by atoms with E-state index in [-0.39, 0.29) is 0 Å². The Labute approximate surface area is 185 Å². The Morgan fingerprint density at radius 3 is 2.87 bits per heavy atom. The summed E-state index contributed by atoms with van der Waals surface area (Å²) in [6.45, 7) is 8.81. The lowest BCUT2D eigenvalue weighted by molar-refractivity contribution is 0.252. The van der Waals surface area contributed by atoms with E-state index in [1.165, 1.54) is 5.57 Å². The molecule has 4 aromatic rings. The maximum Gasteiger partial charge on any atom is 0.278 e. The summed E-state index contributed by atoms with van der Waals surface area (Å²) in [5.74, 6) is 2.31. The number of pyridine rings is 1. The number of imidazole rings is 1. The molecular formula is C24H23ClN4O2. The predicted octanol–water partition coefficient (Wildman–Crippen LogP) is 6.06. The highest BCUT2D eigenvalue weighted by atomic mass is 35.5. The van der Waals surface area contributed by atoms with E-state index in [9.17, 15) is 0 Å². The molecule has 0 bridgehead atoms. The molecule has 0 amide bonds. The maximum atomic E-state index is 6.30. The lowest BCUT2D eigenvalue weighted by Gasteiger charge is -2.13. The van der Waals surface area contributed by atoms with Crippen LogP contribution in [0.2, 0.25) is 5.02 Å². The molecule has 1 saturated carbocycles. The van der Waals surface area contributed by atoms with Gasteiger partial charge in [-0.3, -0.25) is 0 Å². The standard InChI is InChI=1S/C24H23ClN4O2/c1-14-4-5-17(8-14)13-30-21-7-6-18(10-16(21)3)22-27-24(31-28-22)20-12-29-11-15(2)9-19(25)23(29)26-20/h6-7,9-12,17H,1,4-5,8,13H2,2-3H3/t17-/m0/s1. The van der Waals surface area contributed by atoms with Crippen molar-refractivity contribution in [3.63, 3.8) is 0 Å². The number of allylic oxidation sites excluding steroid dienone is 1. The fourth-order valence-electron chi connectivity index (χ4n) is 4.06. The van der Waals surface area contributed by atoms with Gasteiger partial charge in [-0.05, 0) is 74.4 Å². The number of halogens is 1. The Morgan fingerprint density at radius 2 is 2.10 bits per heavy atom. The molecule has 1 aliphatic carbocycles. The number of fused-ring (bicyclic) bond motifs is 1. The quantitative estimate of drug-likeness (QED) is 0.357. The van der Waals surface area contributed by atoms with Crippen LogP contribution in [0.3, 0.4) is 0 Å². The summed E-state index contributed by atoms with van der Waals surface area (Å²) in [5.41, 5.74) is 5.52. The molecule has 1 aliphatic rings. The Balaban J connectivity index is 1.35.